The first-order chi connectivity index (χ1) is 10.7. The van der Waals surface area contributed by atoms with E-state index in [0.717, 1.165) is 32.7 Å². The minimum atomic E-state index is 0.0457. The first kappa shape index (κ1) is 16.4. The number of nitrogens with zero attached hydrogens (tertiary/aromatic N) is 2. The van der Waals surface area contributed by atoms with Crippen LogP contribution in [0.2, 0.25) is 0 Å². The number of hydrogen-bond acceptors (Lipinski definition) is 4. The van der Waals surface area contributed by atoms with E-state index >= 15 is 0 Å². The second kappa shape index (κ2) is 7.84. The van der Waals surface area contributed by atoms with Gasteiger partial charge >= 0.3 is 0 Å². The Hall–Kier alpha value is -2.01. The number of methoxy groups -OCH3 is 1. The molecule has 0 atom stereocenters. The van der Waals surface area contributed by atoms with Crippen molar-refractivity contribution in [2.24, 2.45) is 0 Å². The van der Waals surface area contributed by atoms with Crippen molar-refractivity contribution in [3.63, 3.8) is 0 Å². The molecule has 1 saturated heterocycles. The van der Waals surface area contributed by atoms with Crippen LogP contribution in [-0.4, -0.2) is 62.1 Å². The van der Waals surface area contributed by atoms with Crippen LogP contribution in [-0.2, 0) is 0 Å². The van der Waals surface area contributed by atoms with Crippen LogP contribution >= 0.6 is 0 Å². The molecule has 0 saturated carbocycles. The highest BCUT2D eigenvalue weighted by atomic mass is 16.5. The number of piperazine rings is 1. The second-order valence-corrected chi connectivity index (χ2v) is 5.19. The monoisotopic (exact) mass is 304 g/mol. The standard InChI is InChI=1S/C17H24N2O3/c1-4-12-22-15-7-6-14(13-16(15)21-3)17(20)19-10-8-18(5-2)9-11-19/h4,6-7,13H,1,5,8-12H2,2-3H3. The van der Waals surface area contributed by atoms with Gasteiger partial charge in [-0.1, -0.05) is 19.6 Å². The lowest BCUT2D eigenvalue weighted by Gasteiger charge is -2.34. The summed E-state index contributed by atoms with van der Waals surface area (Å²) in [6, 6.07) is 5.31. The summed E-state index contributed by atoms with van der Waals surface area (Å²) in [7, 11) is 1.57. The van der Waals surface area contributed by atoms with Crippen molar-refractivity contribution in [2.75, 3.05) is 46.4 Å². The summed E-state index contributed by atoms with van der Waals surface area (Å²) in [6.07, 6.45) is 1.67. The van der Waals surface area contributed by atoms with Crippen molar-refractivity contribution in [1.29, 1.82) is 0 Å². The average molecular weight is 304 g/mol. The lowest BCUT2D eigenvalue weighted by Crippen LogP contribution is -2.48. The summed E-state index contributed by atoms with van der Waals surface area (Å²) in [4.78, 5) is 16.8. The third kappa shape index (κ3) is 3.80. The molecule has 0 N–H and O–H groups in total. The van der Waals surface area contributed by atoms with E-state index < -0.39 is 0 Å². The number of carbonyl (C=O) groups is 1. The Bertz CT molecular complexity index is 523. The van der Waals surface area contributed by atoms with Gasteiger partial charge in [0.2, 0.25) is 0 Å². The van der Waals surface area contributed by atoms with Crippen LogP contribution in [0, 0.1) is 0 Å². The van der Waals surface area contributed by atoms with E-state index in [0.29, 0.717) is 23.7 Å². The quantitative estimate of drug-likeness (QED) is 0.754. The normalized spacial score (nSPS) is 15.5. The minimum Gasteiger partial charge on any atom is -0.493 e. The lowest BCUT2D eigenvalue weighted by atomic mass is 10.1. The summed E-state index contributed by atoms with van der Waals surface area (Å²) in [5.41, 5.74) is 0.632. The summed E-state index contributed by atoms with van der Waals surface area (Å²) >= 11 is 0. The van der Waals surface area contributed by atoms with Crippen molar-refractivity contribution in [3.8, 4) is 11.5 Å². The highest BCUT2D eigenvalue weighted by Gasteiger charge is 2.22. The largest absolute Gasteiger partial charge is 0.493 e. The van der Waals surface area contributed by atoms with Crippen LogP contribution < -0.4 is 9.47 Å². The fourth-order valence-electron chi connectivity index (χ4n) is 2.52. The number of ether oxygens (including phenoxy) is 2. The first-order valence-corrected chi connectivity index (χ1v) is 7.63. The number of carbonyl (C=O) groups excluding carboxylic acids is 1. The molecule has 1 aliphatic heterocycles. The summed E-state index contributed by atoms with van der Waals surface area (Å²) in [6.45, 7) is 10.6. The molecule has 0 spiro atoms. The summed E-state index contributed by atoms with van der Waals surface area (Å²) in [5.74, 6) is 1.24. The van der Waals surface area contributed by atoms with E-state index in [1.165, 1.54) is 0 Å². The second-order valence-electron chi connectivity index (χ2n) is 5.19. The van der Waals surface area contributed by atoms with Crippen LogP contribution in [0.25, 0.3) is 0 Å². The smallest absolute Gasteiger partial charge is 0.254 e. The highest BCUT2D eigenvalue weighted by molar-refractivity contribution is 5.95. The predicted molar refractivity (Wildman–Crippen MR) is 86.7 cm³/mol. The molecule has 22 heavy (non-hydrogen) atoms. The maximum atomic E-state index is 12.6. The van der Waals surface area contributed by atoms with E-state index in [1.54, 1.807) is 31.4 Å². The van der Waals surface area contributed by atoms with Gasteiger partial charge in [0.15, 0.2) is 11.5 Å². The molecule has 5 heteroatoms. The molecule has 0 aromatic heterocycles. The van der Waals surface area contributed by atoms with Gasteiger partial charge in [-0.2, -0.15) is 0 Å². The fourth-order valence-corrected chi connectivity index (χ4v) is 2.52. The molecule has 0 unspecified atom stereocenters. The molecule has 1 heterocycles. The zero-order valence-electron chi connectivity index (χ0n) is 13.4. The van der Waals surface area contributed by atoms with Gasteiger partial charge in [-0.15, -0.1) is 0 Å². The highest BCUT2D eigenvalue weighted by Crippen LogP contribution is 2.28. The Morgan fingerprint density at radius 2 is 2.00 bits per heavy atom. The maximum Gasteiger partial charge on any atom is 0.254 e. The van der Waals surface area contributed by atoms with Gasteiger partial charge < -0.3 is 19.3 Å². The molecule has 1 fully saturated rings. The minimum absolute atomic E-state index is 0.0457. The molecule has 1 aromatic carbocycles. The van der Waals surface area contributed by atoms with E-state index in [1.807, 2.05) is 4.90 Å². The fraction of sp³-hybridized carbons (Fsp3) is 0.471. The Morgan fingerprint density at radius 1 is 1.27 bits per heavy atom. The van der Waals surface area contributed by atoms with Gasteiger partial charge in [0.25, 0.3) is 5.91 Å². The Labute approximate surface area is 132 Å². The molecule has 2 rings (SSSR count). The molecule has 5 nitrogen and oxygen atoms in total. The zero-order chi connectivity index (χ0) is 15.9. The van der Waals surface area contributed by atoms with E-state index in [9.17, 15) is 4.79 Å². The third-order valence-corrected chi connectivity index (χ3v) is 3.87. The Balaban J connectivity index is 2.08. The molecule has 0 bridgehead atoms. The van der Waals surface area contributed by atoms with Crippen LogP contribution in [0.3, 0.4) is 0 Å². The summed E-state index contributed by atoms with van der Waals surface area (Å²) in [5, 5.41) is 0. The van der Waals surface area contributed by atoms with Crippen molar-refractivity contribution in [1.82, 2.24) is 9.80 Å². The van der Waals surface area contributed by atoms with Crippen molar-refractivity contribution < 1.29 is 14.3 Å². The van der Waals surface area contributed by atoms with Gasteiger partial charge in [-0.05, 0) is 24.7 Å². The van der Waals surface area contributed by atoms with E-state index in [4.69, 9.17) is 9.47 Å². The molecule has 0 aliphatic carbocycles. The van der Waals surface area contributed by atoms with Gasteiger partial charge in [0, 0.05) is 31.7 Å². The van der Waals surface area contributed by atoms with E-state index in [-0.39, 0.29) is 5.91 Å². The molecule has 1 aromatic rings. The SMILES string of the molecule is C=CCOc1ccc(C(=O)N2CCN(CC)CC2)cc1OC. The topological polar surface area (TPSA) is 42.0 Å². The zero-order valence-corrected chi connectivity index (χ0v) is 13.4. The Morgan fingerprint density at radius 3 is 2.59 bits per heavy atom. The van der Waals surface area contributed by atoms with Gasteiger partial charge in [-0.25, -0.2) is 0 Å². The van der Waals surface area contributed by atoms with Gasteiger partial charge in [0.1, 0.15) is 6.61 Å². The number of rotatable bonds is 6. The molecule has 1 aliphatic rings. The van der Waals surface area contributed by atoms with Crippen LogP contribution in [0.1, 0.15) is 17.3 Å². The predicted octanol–water partition coefficient (Wildman–Crippen LogP) is 2.04. The van der Waals surface area contributed by atoms with E-state index in [2.05, 4.69) is 18.4 Å². The maximum absolute atomic E-state index is 12.6. The van der Waals surface area contributed by atoms with Crippen molar-refractivity contribution in [3.05, 3.63) is 36.4 Å². The molecular weight excluding hydrogens is 280 g/mol. The third-order valence-electron chi connectivity index (χ3n) is 3.87. The summed E-state index contributed by atoms with van der Waals surface area (Å²) < 4.78 is 10.8. The Kier molecular flexibility index (Phi) is 5.83. The van der Waals surface area contributed by atoms with Crippen molar-refractivity contribution >= 4 is 5.91 Å². The van der Waals surface area contributed by atoms with Crippen LogP contribution in [0.15, 0.2) is 30.9 Å². The van der Waals surface area contributed by atoms with Crippen molar-refractivity contribution in [2.45, 2.75) is 6.92 Å². The van der Waals surface area contributed by atoms with Gasteiger partial charge in [0.05, 0.1) is 7.11 Å². The molecule has 120 valence electrons. The molecule has 1 amide bonds. The number of likely N-dealkylation sites (N-methyl/N-ethyl adjacent to an activating group) is 1. The number of hydrogen-bond donors (Lipinski definition) is 0. The first-order valence-electron chi connectivity index (χ1n) is 7.63. The number of amides is 1. The lowest BCUT2D eigenvalue weighted by molar-refractivity contribution is 0.0643. The van der Waals surface area contributed by atoms with Gasteiger partial charge in [-0.3, -0.25) is 4.79 Å². The molecular formula is C17H24N2O3. The van der Waals surface area contributed by atoms with Crippen LogP contribution in [0.5, 0.6) is 11.5 Å². The average Bonchev–Trinajstić information content (AvgIpc) is 2.59. The van der Waals surface area contributed by atoms with Crippen LogP contribution in [0.4, 0.5) is 0 Å². The number of benzene rings is 1. The molecule has 0 radical (unpaired) electrons.